The minimum absolute atomic E-state index is 0.0266. The number of ether oxygens (including phenoxy) is 1. The number of hydrogen-bond donors (Lipinski definition) is 1. The van der Waals surface area contributed by atoms with Crippen molar-refractivity contribution in [3.63, 3.8) is 0 Å². The molecule has 0 fully saturated rings. The van der Waals surface area contributed by atoms with Crippen molar-refractivity contribution in [2.24, 2.45) is 0 Å². The smallest absolute Gasteiger partial charge is 0.313 e. The van der Waals surface area contributed by atoms with Crippen LogP contribution in [0, 0.1) is 6.92 Å². The second kappa shape index (κ2) is 5.50. The number of hydrogen-bond acceptors (Lipinski definition) is 5. The maximum Gasteiger partial charge on any atom is 0.313 e. The number of rotatable bonds is 6. The van der Waals surface area contributed by atoms with E-state index in [4.69, 9.17) is 9.84 Å². The first kappa shape index (κ1) is 14.0. The summed E-state index contributed by atoms with van der Waals surface area (Å²) in [5.74, 6) is -0.145. The number of aromatic nitrogens is 3. The molecule has 0 aromatic carbocycles. The Kier molecular flexibility index (Phi) is 4.53. The molecule has 1 rings (SSSR count). The zero-order valence-electron chi connectivity index (χ0n) is 10.4. The lowest BCUT2D eigenvalue weighted by Gasteiger charge is -2.27. The van der Waals surface area contributed by atoms with Crippen LogP contribution in [-0.4, -0.2) is 45.3 Å². The lowest BCUT2D eigenvalue weighted by Crippen LogP contribution is -2.33. The van der Waals surface area contributed by atoms with Crippen molar-refractivity contribution >= 4 is 17.7 Å². The van der Waals surface area contributed by atoms with E-state index in [0.717, 1.165) is 17.6 Å². The summed E-state index contributed by atoms with van der Waals surface area (Å²) < 4.78 is 7.07. The molecule has 1 N–H and O–H groups in total. The lowest BCUT2D eigenvalue weighted by atomic mass is 10.1. The van der Waals surface area contributed by atoms with E-state index in [-0.39, 0.29) is 11.3 Å². The Morgan fingerprint density at radius 3 is 2.71 bits per heavy atom. The standard InChI is InChI=1S/C10H17N3O3S/c1-7-11-12-9(17-5-8(14)15)13(7)10(2,3)6-16-4/h5-6H2,1-4H3,(H,14,15). The van der Waals surface area contributed by atoms with Crippen LogP contribution in [0.4, 0.5) is 0 Å². The summed E-state index contributed by atoms with van der Waals surface area (Å²) >= 11 is 1.16. The first-order valence-corrected chi connectivity index (χ1v) is 6.13. The zero-order chi connectivity index (χ0) is 13.1. The Morgan fingerprint density at radius 1 is 1.53 bits per heavy atom. The Bertz CT molecular complexity index is 404. The van der Waals surface area contributed by atoms with Gasteiger partial charge in [-0.25, -0.2) is 0 Å². The highest BCUT2D eigenvalue weighted by Crippen LogP contribution is 2.25. The molecule has 6 nitrogen and oxygen atoms in total. The van der Waals surface area contributed by atoms with Crippen molar-refractivity contribution in [3.05, 3.63) is 5.82 Å². The largest absolute Gasteiger partial charge is 0.481 e. The molecule has 0 saturated heterocycles. The minimum Gasteiger partial charge on any atom is -0.481 e. The molecule has 0 aliphatic heterocycles. The Balaban J connectivity index is 2.97. The predicted octanol–water partition coefficient (Wildman–Crippen LogP) is 1.14. The van der Waals surface area contributed by atoms with Gasteiger partial charge in [0.05, 0.1) is 17.9 Å². The molecule has 0 atom stereocenters. The number of aryl methyl sites for hydroxylation is 1. The number of carboxylic acids is 1. The number of carbonyl (C=O) groups is 1. The number of nitrogens with zero attached hydrogens (tertiary/aromatic N) is 3. The summed E-state index contributed by atoms with van der Waals surface area (Å²) in [5, 5.41) is 17.3. The Hall–Kier alpha value is -1.08. The number of aliphatic carboxylic acids is 1. The summed E-state index contributed by atoms with van der Waals surface area (Å²) in [6.45, 7) is 6.34. The van der Waals surface area contributed by atoms with Gasteiger partial charge in [0, 0.05) is 7.11 Å². The van der Waals surface area contributed by atoms with Gasteiger partial charge in [0.25, 0.3) is 0 Å². The van der Waals surface area contributed by atoms with E-state index in [1.165, 1.54) is 0 Å². The molecule has 0 aliphatic carbocycles. The average molecular weight is 259 g/mol. The van der Waals surface area contributed by atoms with Gasteiger partial charge >= 0.3 is 5.97 Å². The van der Waals surface area contributed by atoms with Gasteiger partial charge in [-0.05, 0) is 20.8 Å². The van der Waals surface area contributed by atoms with Crippen molar-refractivity contribution in [2.45, 2.75) is 31.5 Å². The van der Waals surface area contributed by atoms with Crippen LogP contribution in [0.3, 0.4) is 0 Å². The molecule has 1 heterocycles. The average Bonchev–Trinajstić information content (AvgIpc) is 2.57. The van der Waals surface area contributed by atoms with Crippen molar-refractivity contribution in [3.8, 4) is 0 Å². The lowest BCUT2D eigenvalue weighted by molar-refractivity contribution is -0.133. The zero-order valence-corrected chi connectivity index (χ0v) is 11.2. The van der Waals surface area contributed by atoms with E-state index in [0.29, 0.717) is 11.8 Å². The quantitative estimate of drug-likeness (QED) is 0.772. The van der Waals surface area contributed by atoms with E-state index < -0.39 is 5.97 Å². The molecule has 0 bridgehead atoms. The van der Waals surface area contributed by atoms with Crippen molar-refractivity contribution in [1.82, 2.24) is 14.8 Å². The van der Waals surface area contributed by atoms with Gasteiger partial charge in [-0.3, -0.25) is 9.36 Å². The number of methoxy groups -OCH3 is 1. The second-order valence-electron chi connectivity index (χ2n) is 4.29. The van der Waals surface area contributed by atoms with Crippen molar-refractivity contribution in [1.29, 1.82) is 0 Å². The summed E-state index contributed by atoms with van der Waals surface area (Å²) in [5.41, 5.74) is -0.302. The maximum absolute atomic E-state index is 10.6. The molecule has 0 amide bonds. The summed E-state index contributed by atoms with van der Waals surface area (Å²) in [6, 6.07) is 0. The number of thioether (sulfide) groups is 1. The van der Waals surface area contributed by atoms with Gasteiger partial charge < -0.3 is 9.84 Å². The monoisotopic (exact) mass is 259 g/mol. The van der Waals surface area contributed by atoms with Crippen LogP contribution in [0.5, 0.6) is 0 Å². The fourth-order valence-corrected chi connectivity index (χ4v) is 2.54. The van der Waals surface area contributed by atoms with Gasteiger partial charge in [0.2, 0.25) is 0 Å². The fraction of sp³-hybridized carbons (Fsp3) is 0.700. The molecule has 0 aliphatic rings. The van der Waals surface area contributed by atoms with Crippen LogP contribution in [0.15, 0.2) is 5.16 Å². The SMILES string of the molecule is COCC(C)(C)n1c(C)nnc1SCC(=O)O. The second-order valence-corrected chi connectivity index (χ2v) is 5.24. The molecule has 1 aromatic heterocycles. The van der Waals surface area contributed by atoms with Crippen LogP contribution in [0.2, 0.25) is 0 Å². The Morgan fingerprint density at radius 2 is 2.18 bits per heavy atom. The molecule has 0 radical (unpaired) electrons. The molecule has 17 heavy (non-hydrogen) atoms. The summed E-state index contributed by atoms with van der Waals surface area (Å²) in [4.78, 5) is 10.6. The molecule has 96 valence electrons. The van der Waals surface area contributed by atoms with Crippen LogP contribution in [0.1, 0.15) is 19.7 Å². The molecule has 0 unspecified atom stereocenters. The normalized spacial score (nSPS) is 11.8. The molecular weight excluding hydrogens is 242 g/mol. The highest BCUT2D eigenvalue weighted by molar-refractivity contribution is 7.99. The van der Waals surface area contributed by atoms with E-state index in [9.17, 15) is 4.79 Å². The van der Waals surface area contributed by atoms with Gasteiger partial charge in [0.1, 0.15) is 5.82 Å². The molecule has 7 heteroatoms. The predicted molar refractivity (Wildman–Crippen MR) is 64.3 cm³/mol. The van der Waals surface area contributed by atoms with Crippen LogP contribution in [-0.2, 0) is 15.1 Å². The molecule has 1 aromatic rings. The van der Waals surface area contributed by atoms with Gasteiger partial charge in [-0.15, -0.1) is 10.2 Å². The topological polar surface area (TPSA) is 77.2 Å². The van der Waals surface area contributed by atoms with Crippen molar-refractivity contribution < 1.29 is 14.6 Å². The van der Waals surface area contributed by atoms with E-state index in [1.54, 1.807) is 7.11 Å². The van der Waals surface area contributed by atoms with Gasteiger partial charge in [0.15, 0.2) is 5.16 Å². The maximum atomic E-state index is 10.6. The van der Waals surface area contributed by atoms with E-state index in [1.807, 2.05) is 25.3 Å². The first-order chi connectivity index (χ1) is 7.88. The molecular formula is C10H17N3O3S. The third kappa shape index (κ3) is 3.44. The van der Waals surface area contributed by atoms with E-state index >= 15 is 0 Å². The fourth-order valence-electron chi connectivity index (χ4n) is 1.68. The van der Waals surface area contributed by atoms with Crippen LogP contribution in [0.25, 0.3) is 0 Å². The highest BCUT2D eigenvalue weighted by atomic mass is 32.2. The van der Waals surface area contributed by atoms with E-state index in [2.05, 4.69) is 10.2 Å². The third-order valence-electron chi connectivity index (χ3n) is 2.22. The van der Waals surface area contributed by atoms with Crippen molar-refractivity contribution in [2.75, 3.05) is 19.5 Å². The Labute approximate surface area is 104 Å². The molecule has 0 spiro atoms. The van der Waals surface area contributed by atoms with Crippen LogP contribution >= 0.6 is 11.8 Å². The first-order valence-electron chi connectivity index (χ1n) is 5.14. The minimum atomic E-state index is -0.869. The molecule has 0 saturated carbocycles. The third-order valence-corrected chi connectivity index (χ3v) is 3.14. The number of carboxylic acid groups (broad SMARTS) is 1. The highest BCUT2D eigenvalue weighted by Gasteiger charge is 2.26. The van der Waals surface area contributed by atoms with Gasteiger partial charge in [-0.2, -0.15) is 0 Å². The van der Waals surface area contributed by atoms with Crippen LogP contribution < -0.4 is 0 Å². The van der Waals surface area contributed by atoms with Gasteiger partial charge in [-0.1, -0.05) is 11.8 Å². The summed E-state index contributed by atoms with van der Waals surface area (Å²) in [6.07, 6.45) is 0. The summed E-state index contributed by atoms with van der Waals surface area (Å²) in [7, 11) is 1.63.